The zero-order chi connectivity index (χ0) is 15.9. The van der Waals surface area contributed by atoms with Crippen LogP contribution in [0.2, 0.25) is 0 Å². The van der Waals surface area contributed by atoms with Crippen LogP contribution in [0.3, 0.4) is 0 Å². The number of amides is 1. The van der Waals surface area contributed by atoms with Gasteiger partial charge >= 0.3 is 0 Å². The summed E-state index contributed by atoms with van der Waals surface area (Å²) < 4.78 is 26.6. The summed E-state index contributed by atoms with van der Waals surface area (Å²) in [6.45, 7) is 3.63. The number of carbonyl (C=O) groups excluding carboxylic acids is 2. The largest absolute Gasteiger partial charge is 0.356 e. The molecule has 0 saturated heterocycles. The molecule has 0 spiro atoms. The number of rotatable bonds is 8. The van der Waals surface area contributed by atoms with Crippen molar-refractivity contribution in [1.29, 1.82) is 0 Å². The van der Waals surface area contributed by atoms with Gasteiger partial charge in [-0.1, -0.05) is 12.1 Å². The number of hydrogen-bond donors (Lipinski definition) is 2. The van der Waals surface area contributed by atoms with Gasteiger partial charge in [-0.25, -0.2) is 13.1 Å². The van der Waals surface area contributed by atoms with E-state index in [1.807, 2.05) is 0 Å². The van der Waals surface area contributed by atoms with Crippen LogP contribution in [0.1, 0.15) is 37.0 Å². The number of nitrogens with one attached hydrogen (secondary N) is 2. The summed E-state index contributed by atoms with van der Waals surface area (Å²) in [4.78, 5) is 22.0. The summed E-state index contributed by atoms with van der Waals surface area (Å²) in [6, 6.07) is 5.94. The van der Waals surface area contributed by atoms with Crippen LogP contribution in [0.5, 0.6) is 0 Å². The van der Waals surface area contributed by atoms with Gasteiger partial charge in [0.25, 0.3) is 0 Å². The third kappa shape index (κ3) is 6.05. The van der Waals surface area contributed by atoms with Gasteiger partial charge in [0.2, 0.25) is 15.9 Å². The predicted octanol–water partition coefficient (Wildman–Crippen LogP) is 1.08. The molecule has 0 aliphatic rings. The van der Waals surface area contributed by atoms with Crippen molar-refractivity contribution >= 4 is 21.7 Å². The zero-order valence-corrected chi connectivity index (χ0v) is 13.0. The van der Waals surface area contributed by atoms with Gasteiger partial charge in [0.1, 0.15) is 0 Å². The third-order valence-electron chi connectivity index (χ3n) is 2.82. The summed E-state index contributed by atoms with van der Waals surface area (Å²) in [7, 11) is -3.61. The first-order valence-corrected chi connectivity index (χ1v) is 8.16. The monoisotopic (exact) mass is 312 g/mol. The first kappa shape index (κ1) is 17.3. The summed E-state index contributed by atoms with van der Waals surface area (Å²) in [5, 5.41) is 2.64. The number of sulfonamides is 1. The van der Waals surface area contributed by atoms with Gasteiger partial charge in [0.05, 0.1) is 4.90 Å². The highest BCUT2D eigenvalue weighted by Crippen LogP contribution is 2.12. The van der Waals surface area contributed by atoms with Crippen LogP contribution in [0.25, 0.3) is 0 Å². The molecule has 0 fully saturated rings. The van der Waals surface area contributed by atoms with Gasteiger partial charge in [-0.2, -0.15) is 0 Å². The summed E-state index contributed by atoms with van der Waals surface area (Å²) in [5.74, 6) is -0.279. The molecule has 0 aromatic heterocycles. The standard InChI is InChI=1S/C14H20N2O4S/c1-11(17)13-6-5-7-14(10-13)21(19,20)16-9-4-3-8-15-12(2)18/h5-7,10,16H,3-4,8-9H2,1-2H3,(H,15,18). The molecule has 0 saturated carbocycles. The van der Waals surface area contributed by atoms with Crippen molar-refractivity contribution in [2.24, 2.45) is 0 Å². The molecule has 0 aliphatic carbocycles. The quantitative estimate of drug-likeness (QED) is 0.555. The maximum absolute atomic E-state index is 12.1. The molecule has 0 heterocycles. The molecular formula is C14H20N2O4S. The van der Waals surface area contributed by atoms with Crippen molar-refractivity contribution in [3.05, 3.63) is 29.8 Å². The molecule has 0 radical (unpaired) electrons. The van der Waals surface area contributed by atoms with Gasteiger partial charge < -0.3 is 5.32 Å². The number of benzene rings is 1. The smallest absolute Gasteiger partial charge is 0.240 e. The second-order valence-electron chi connectivity index (χ2n) is 4.67. The molecule has 2 N–H and O–H groups in total. The van der Waals surface area contributed by atoms with Crippen molar-refractivity contribution in [2.45, 2.75) is 31.6 Å². The first-order chi connectivity index (χ1) is 9.83. The average Bonchev–Trinajstić information content (AvgIpc) is 2.42. The molecule has 116 valence electrons. The van der Waals surface area contributed by atoms with E-state index in [0.29, 0.717) is 24.9 Å². The van der Waals surface area contributed by atoms with Crippen molar-refractivity contribution in [3.63, 3.8) is 0 Å². The van der Waals surface area contributed by atoms with E-state index in [9.17, 15) is 18.0 Å². The van der Waals surface area contributed by atoms with E-state index in [4.69, 9.17) is 0 Å². The lowest BCUT2D eigenvalue weighted by Crippen LogP contribution is -2.26. The number of carbonyl (C=O) groups is 2. The number of hydrogen-bond acceptors (Lipinski definition) is 4. The van der Waals surface area contributed by atoms with E-state index >= 15 is 0 Å². The second kappa shape index (κ2) is 7.90. The van der Waals surface area contributed by atoms with Crippen molar-refractivity contribution in [1.82, 2.24) is 10.0 Å². The van der Waals surface area contributed by atoms with E-state index in [0.717, 1.165) is 0 Å². The maximum Gasteiger partial charge on any atom is 0.240 e. The van der Waals surface area contributed by atoms with Gasteiger partial charge in [-0.3, -0.25) is 9.59 Å². The van der Waals surface area contributed by atoms with Gasteiger partial charge in [-0.05, 0) is 31.9 Å². The number of unbranched alkanes of at least 4 members (excludes halogenated alkanes) is 1. The fraction of sp³-hybridized carbons (Fsp3) is 0.429. The van der Waals surface area contributed by atoms with Crippen LogP contribution in [0.15, 0.2) is 29.2 Å². The van der Waals surface area contributed by atoms with E-state index in [-0.39, 0.29) is 23.1 Å². The molecule has 1 aromatic carbocycles. The van der Waals surface area contributed by atoms with E-state index < -0.39 is 10.0 Å². The SMILES string of the molecule is CC(=O)NCCCCNS(=O)(=O)c1cccc(C(C)=O)c1. The molecule has 0 atom stereocenters. The minimum absolute atomic E-state index is 0.0806. The Morgan fingerprint density at radius 1 is 1.10 bits per heavy atom. The molecular weight excluding hydrogens is 292 g/mol. The molecule has 0 unspecified atom stereocenters. The molecule has 1 amide bonds. The number of Topliss-reactive ketones (excluding diaryl/α,β-unsaturated/α-hetero) is 1. The van der Waals surface area contributed by atoms with Gasteiger partial charge in [-0.15, -0.1) is 0 Å². The first-order valence-electron chi connectivity index (χ1n) is 6.68. The fourth-order valence-corrected chi connectivity index (χ4v) is 2.81. The Bertz CT molecular complexity index is 611. The molecule has 0 aliphatic heterocycles. The second-order valence-corrected chi connectivity index (χ2v) is 6.44. The van der Waals surface area contributed by atoms with Crippen LogP contribution >= 0.6 is 0 Å². The minimum Gasteiger partial charge on any atom is -0.356 e. The number of ketones is 1. The molecule has 7 heteroatoms. The van der Waals surface area contributed by atoms with Crippen molar-refractivity contribution < 1.29 is 18.0 Å². The van der Waals surface area contributed by atoms with E-state index in [1.54, 1.807) is 12.1 Å². The normalized spacial score (nSPS) is 11.1. The highest BCUT2D eigenvalue weighted by Gasteiger charge is 2.14. The molecule has 6 nitrogen and oxygen atoms in total. The molecule has 1 rings (SSSR count). The Labute approximate surface area is 125 Å². The van der Waals surface area contributed by atoms with Crippen LogP contribution in [0.4, 0.5) is 0 Å². The Morgan fingerprint density at radius 3 is 2.38 bits per heavy atom. The Hall–Kier alpha value is -1.73. The van der Waals surface area contributed by atoms with E-state index in [1.165, 1.54) is 26.0 Å². The Balaban J connectivity index is 2.52. The highest BCUT2D eigenvalue weighted by molar-refractivity contribution is 7.89. The highest BCUT2D eigenvalue weighted by atomic mass is 32.2. The lowest BCUT2D eigenvalue weighted by molar-refractivity contribution is -0.118. The maximum atomic E-state index is 12.1. The topological polar surface area (TPSA) is 92.3 Å². The average molecular weight is 312 g/mol. The summed E-state index contributed by atoms with van der Waals surface area (Å²) in [5.41, 5.74) is 0.364. The minimum atomic E-state index is -3.61. The Morgan fingerprint density at radius 2 is 1.76 bits per heavy atom. The zero-order valence-electron chi connectivity index (χ0n) is 12.2. The van der Waals surface area contributed by atoms with Crippen LogP contribution < -0.4 is 10.0 Å². The molecule has 0 bridgehead atoms. The fourth-order valence-electron chi connectivity index (χ4n) is 1.69. The van der Waals surface area contributed by atoms with Crippen LogP contribution in [-0.2, 0) is 14.8 Å². The van der Waals surface area contributed by atoms with Gasteiger partial charge in [0, 0.05) is 25.6 Å². The van der Waals surface area contributed by atoms with Gasteiger partial charge in [0.15, 0.2) is 5.78 Å². The molecule has 21 heavy (non-hydrogen) atoms. The third-order valence-corrected chi connectivity index (χ3v) is 4.28. The lowest BCUT2D eigenvalue weighted by Gasteiger charge is -2.08. The van der Waals surface area contributed by atoms with Crippen molar-refractivity contribution in [3.8, 4) is 0 Å². The summed E-state index contributed by atoms with van der Waals surface area (Å²) >= 11 is 0. The Kier molecular flexibility index (Phi) is 6.51. The lowest BCUT2D eigenvalue weighted by atomic mass is 10.2. The summed E-state index contributed by atoms with van der Waals surface area (Å²) in [6.07, 6.45) is 1.31. The van der Waals surface area contributed by atoms with Crippen LogP contribution in [0, 0.1) is 0 Å². The van der Waals surface area contributed by atoms with Crippen LogP contribution in [-0.4, -0.2) is 33.2 Å². The van der Waals surface area contributed by atoms with E-state index in [2.05, 4.69) is 10.0 Å². The predicted molar refractivity (Wildman–Crippen MR) is 79.6 cm³/mol. The van der Waals surface area contributed by atoms with Crippen molar-refractivity contribution in [2.75, 3.05) is 13.1 Å². The molecule has 1 aromatic rings.